The Bertz CT molecular complexity index is 582. The van der Waals surface area contributed by atoms with Gasteiger partial charge in [0.15, 0.2) is 0 Å². The van der Waals surface area contributed by atoms with Crippen LogP contribution in [0.3, 0.4) is 0 Å². The van der Waals surface area contributed by atoms with Crippen molar-refractivity contribution in [3.63, 3.8) is 0 Å². The van der Waals surface area contributed by atoms with Crippen LogP contribution in [0.4, 0.5) is 0 Å². The van der Waals surface area contributed by atoms with Gasteiger partial charge >= 0.3 is 0 Å². The van der Waals surface area contributed by atoms with Crippen molar-refractivity contribution in [1.29, 1.82) is 0 Å². The number of hydrogen-bond acceptors (Lipinski definition) is 4. The molecule has 0 aliphatic rings. The first kappa shape index (κ1) is 20.7. The number of nitrogens with one attached hydrogen (secondary N) is 1. The SMILES string of the molecule is Cl.OCCOCCNCc1cc(Cl)ccc1OCc1ccccc1. The largest absolute Gasteiger partial charge is 0.489 e. The molecule has 0 unspecified atom stereocenters. The highest BCUT2D eigenvalue weighted by Crippen LogP contribution is 2.23. The summed E-state index contributed by atoms with van der Waals surface area (Å²) in [6.07, 6.45) is 0. The van der Waals surface area contributed by atoms with Gasteiger partial charge in [0.25, 0.3) is 0 Å². The van der Waals surface area contributed by atoms with Crippen molar-refractivity contribution in [1.82, 2.24) is 5.32 Å². The Balaban J connectivity index is 0.00000288. The third kappa shape index (κ3) is 7.51. The molecule has 4 nitrogen and oxygen atoms in total. The van der Waals surface area contributed by atoms with Crippen LogP contribution in [0.5, 0.6) is 5.75 Å². The first-order valence-corrected chi connectivity index (χ1v) is 8.02. The van der Waals surface area contributed by atoms with Crippen LogP contribution in [0.2, 0.25) is 5.02 Å². The maximum atomic E-state index is 8.64. The number of rotatable bonds is 10. The average molecular weight is 372 g/mol. The highest BCUT2D eigenvalue weighted by molar-refractivity contribution is 6.30. The topological polar surface area (TPSA) is 50.7 Å². The van der Waals surface area contributed by atoms with Crippen LogP contribution in [0.15, 0.2) is 48.5 Å². The van der Waals surface area contributed by atoms with E-state index in [1.807, 2.05) is 48.5 Å². The lowest BCUT2D eigenvalue weighted by Crippen LogP contribution is -2.20. The molecule has 0 saturated heterocycles. The van der Waals surface area contributed by atoms with Gasteiger partial charge in [-0.15, -0.1) is 12.4 Å². The standard InChI is InChI=1S/C18H22ClNO3.ClH/c19-17-6-7-18(23-14-15-4-2-1-3-5-15)16(12-17)13-20-8-10-22-11-9-21;/h1-7,12,20-21H,8-11,13-14H2;1H. The zero-order valence-corrected chi connectivity index (χ0v) is 15.0. The van der Waals surface area contributed by atoms with Crippen LogP contribution in [0.1, 0.15) is 11.1 Å². The van der Waals surface area contributed by atoms with E-state index in [0.717, 1.165) is 16.9 Å². The van der Waals surface area contributed by atoms with Gasteiger partial charge in [0.2, 0.25) is 0 Å². The third-order valence-corrected chi connectivity index (χ3v) is 3.47. The highest BCUT2D eigenvalue weighted by Gasteiger charge is 2.05. The van der Waals surface area contributed by atoms with E-state index in [9.17, 15) is 0 Å². The van der Waals surface area contributed by atoms with Crippen molar-refractivity contribution >= 4 is 24.0 Å². The first-order chi connectivity index (χ1) is 11.3. The van der Waals surface area contributed by atoms with Crippen molar-refractivity contribution in [3.8, 4) is 5.75 Å². The van der Waals surface area contributed by atoms with E-state index in [1.165, 1.54) is 0 Å². The Morgan fingerprint density at radius 2 is 1.83 bits per heavy atom. The Hall–Kier alpha value is -1.30. The number of aliphatic hydroxyl groups is 1. The molecule has 2 rings (SSSR count). The summed E-state index contributed by atoms with van der Waals surface area (Å²) in [6, 6.07) is 15.7. The van der Waals surface area contributed by atoms with E-state index >= 15 is 0 Å². The van der Waals surface area contributed by atoms with Crippen LogP contribution in [-0.4, -0.2) is 31.5 Å². The lowest BCUT2D eigenvalue weighted by atomic mass is 10.2. The number of ether oxygens (including phenoxy) is 2. The summed E-state index contributed by atoms with van der Waals surface area (Å²) in [5.74, 6) is 0.821. The first-order valence-electron chi connectivity index (χ1n) is 7.64. The molecule has 0 saturated carbocycles. The molecule has 24 heavy (non-hydrogen) atoms. The van der Waals surface area contributed by atoms with E-state index in [1.54, 1.807) is 0 Å². The molecule has 132 valence electrons. The smallest absolute Gasteiger partial charge is 0.124 e. The maximum Gasteiger partial charge on any atom is 0.124 e. The van der Waals surface area contributed by atoms with Gasteiger partial charge in [-0.3, -0.25) is 0 Å². The highest BCUT2D eigenvalue weighted by atomic mass is 35.5. The molecular weight excluding hydrogens is 349 g/mol. The van der Waals surface area contributed by atoms with Gasteiger partial charge < -0.3 is 19.9 Å². The van der Waals surface area contributed by atoms with Gasteiger partial charge in [-0.25, -0.2) is 0 Å². The van der Waals surface area contributed by atoms with Crippen molar-refractivity contribution in [2.24, 2.45) is 0 Å². The Kier molecular flexibility index (Phi) is 10.5. The number of aliphatic hydroxyl groups excluding tert-OH is 1. The zero-order valence-electron chi connectivity index (χ0n) is 13.4. The summed E-state index contributed by atoms with van der Waals surface area (Å²) < 4.78 is 11.1. The van der Waals surface area contributed by atoms with E-state index in [2.05, 4.69) is 5.32 Å². The van der Waals surface area contributed by atoms with Crippen LogP contribution < -0.4 is 10.1 Å². The molecule has 6 heteroatoms. The number of benzene rings is 2. The molecule has 2 aromatic rings. The zero-order chi connectivity index (χ0) is 16.3. The summed E-state index contributed by atoms with van der Waals surface area (Å²) >= 11 is 6.08. The molecule has 0 heterocycles. The minimum Gasteiger partial charge on any atom is -0.489 e. The summed E-state index contributed by atoms with van der Waals surface area (Å²) in [7, 11) is 0. The fraction of sp³-hybridized carbons (Fsp3) is 0.333. The molecule has 0 radical (unpaired) electrons. The van der Waals surface area contributed by atoms with Crippen molar-refractivity contribution in [2.75, 3.05) is 26.4 Å². The van der Waals surface area contributed by atoms with Crippen molar-refractivity contribution in [3.05, 3.63) is 64.7 Å². The van der Waals surface area contributed by atoms with Crippen LogP contribution in [0.25, 0.3) is 0 Å². The van der Waals surface area contributed by atoms with Gasteiger partial charge in [-0.05, 0) is 23.8 Å². The minimum absolute atomic E-state index is 0. The quantitative estimate of drug-likeness (QED) is 0.628. The molecule has 0 bridgehead atoms. The molecule has 2 N–H and O–H groups in total. The monoisotopic (exact) mass is 371 g/mol. The Morgan fingerprint density at radius 3 is 2.58 bits per heavy atom. The molecule has 0 spiro atoms. The van der Waals surface area contributed by atoms with Crippen molar-refractivity contribution in [2.45, 2.75) is 13.2 Å². The molecule has 0 aromatic heterocycles. The van der Waals surface area contributed by atoms with Crippen molar-refractivity contribution < 1.29 is 14.6 Å². The van der Waals surface area contributed by atoms with Gasteiger partial charge in [-0.1, -0.05) is 41.9 Å². The second-order valence-electron chi connectivity index (χ2n) is 5.04. The third-order valence-electron chi connectivity index (χ3n) is 3.23. The fourth-order valence-electron chi connectivity index (χ4n) is 2.10. The Labute approximate surface area is 154 Å². The predicted molar refractivity (Wildman–Crippen MR) is 99.1 cm³/mol. The van der Waals surface area contributed by atoms with Gasteiger partial charge in [0.1, 0.15) is 12.4 Å². The fourth-order valence-corrected chi connectivity index (χ4v) is 2.29. The summed E-state index contributed by atoms with van der Waals surface area (Å²) in [4.78, 5) is 0. The van der Waals surface area contributed by atoms with Gasteiger partial charge in [-0.2, -0.15) is 0 Å². The minimum atomic E-state index is 0. The maximum absolute atomic E-state index is 8.64. The lowest BCUT2D eigenvalue weighted by molar-refractivity contribution is 0.0937. The molecule has 0 aliphatic heterocycles. The summed E-state index contributed by atoms with van der Waals surface area (Å²) in [5.41, 5.74) is 2.13. The molecule has 2 aromatic carbocycles. The molecule has 0 amide bonds. The summed E-state index contributed by atoms with van der Waals surface area (Å²) in [6.45, 7) is 2.84. The van der Waals surface area contributed by atoms with E-state index < -0.39 is 0 Å². The summed E-state index contributed by atoms with van der Waals surface area (Å²) in [5, 5.41) is 12.6. The second-order valence-corrected chi connectivity index (χ2v) is 5.48. The molecule has 0 atom stereocenters. The van der Waals surface area contributed by atoms with E-state index in [4.69, 9.17) is 26.2 Å². The average Bonchev–Trinajstić information content (AvgIpc) is 2.58. The predicted octanol–water partition coefficient (Wildman–Crippen LogP) is 3.44. The molecule has 0 fully saturated rings. The van der Waals surface area contributed by atoms with Crippen LogP contribution in [0, 0.1) is 0 Å². The lowest BCUT2D eigenvalue weighted by Gasteiger charge is -2.13. The van der Waals surface area contributed by atoms with Gasteiger partial charge in [0, 0.05) is 23.7 Å². The second kappa shape index (κ2) is 12.1. The van der Waals surface area contributed by atoms with E-state index in [-0.39, 0.29) is 19.0 Å². The van der Waals surface area contributed by atoms with Gasteiger partial charge in [0.05, 0.1) is 19.8 Å². The number of hydrogen-bond donors (Lipinski definition) is 2. The van der Waals surface area contributed by atoms with E-state index in [0.29, 0.717) is 37.9 Å². The van der Waals surface area contributed by atoms with Crippen LogP contribution >= 0.6 is 24.0 Å². The molecular formula is C18H23Cl2NO3. The molecule has 0 aliphatic carbocycles. The Morgan fingerprint density at radius 1 is 1.04 bits per heavy atom. The van der Waals surface area contributed by atoms with Crippen LogP contribution in [-0.2, 0) is 17.9 Å². The normalized spacial score (nSPS) is 10.2. The number of halogens is 2.